The van der Waals surface area contributed by atoms with E-state index in [9.17, 15) is 18.0 Å². The number of alkyl halides is 3. The number of aromatic nitrogens is 3. The fourth-order valence-electron chi connectivity index (χ4n) is 2.03. The second-order valence-corrected chi connectivity index (χ2v) is 6.49. The molecule has 142 valence electrons. The van der Waals surface area contributed by atoms with Crippen LogP contribution in [0.25, 0.3) is 5.69 Å². The Hall–Kier alpha value is -1.94. The molecule has 0 unspecified atom stereocenters. The number of rotatable bonds is 7. The normalized spacial score (nSPS) is 11.4. The van der Waals surface area contributed by atoms with Crippen molar-refractivity contribution in [3.63, 3.8) is 0 Å². The van der Waals surface area contributed by atoms with Crippen molar-refractivity contribution in [3.05, 3.63) is 35.9 Å². The van der Waals surface area contributed by atoms with Gasteiger partial charge in [-0.3, -0.25) is 9.88 Å². The second kappa shape index (κ2) is 9.13. The first-order chi connectivity index (χ1) is 12.3. The summed E-state index contributed by atoms with van der Waals surface area (Å²) in [7, 11) is 0. The lowest BCUT2D eigenvalue weighted by atomic mass is 10.4. The first-order valence-electron chi connectivity index (χ1n) is 7.62. The maximum absolute atomic E-state index is 12.2. The molecule has 2 aromatic heterocycles. The van der Waals surface area contributed by atoms with Crippen molar-refractivity contribution in [1.82, 2.24) is 14.8 Å². The topological polar surface area (TPSA) is 60.2 Å². The molecule has 0 spiro atoms. The molecule has 0 aliphatic heterocycles. The first kappa shape index (κ1) is 20.4. The maximum atomic E-state index is 12.2. The summed E-state index contributed by atoms with van der Waals surface area (Å²) < 4.78 is 42.7. The molecule has 0 aliphatic carbocycles. The molecule has 0 atom stereocenters. The smallest absolute Gasteiger partial charge is 0.441 e. The molecule has 0 bridgehead atoms. The lowest BCUT2D eigenvalue weighted by molar-refractivity contribution is -0.0328. The molecule has 6 nitrogen and oxygen atoms in total. The molecule has 0 aliphatic rings. The van der Waals surface area contributed by atoms with Gasteiger partial charge in [0, 0.05) is 18.5 Å². The van der Waals surface area contributed by atoms with Crippen LogP contribution in [0.5, 0.6) is 0 Å². The van der Waals surface area contributed by atoms with Crippen LogP contribution in [0.2, 0.25) is 5.15 Å². The van der Waals surface area contributed by atoms with Gasteiger partial charge in [-0.15, -0.1) is 0 Å². The Balaban J connectivity index is 1.97. The van der Waals surface area contributed by atoms with Gasteiger partial charge in [-0.25, -0.2) is 9.48 Å². The van der Waals surface area contributed by atoms with E-state index in [2.05, 4.69) is 10.1 Å². The van der Waals surface area contributed by atoms with Crippen LogP contribution in [-0.2, 0) is 4.74 Å². The third-order valence-corrected chi connectivity index (χ3v) is 4.26. The van der Waals surface area contributed by atoms with Crippen molar-refractivity contribution >= 4 is 35.1 Å². The Kier molecular flexibility index (Phi) is 7.15. The first-order valence-corrected chi connectivity index (χ1v) is 8.98. The van der Waals surface area contributed by atoms with E-state index in [-0.39, 0.29) is 42.2 Å². The van der Waals surface area contributed by atoms with Crippen molar-refractivity contribution in [2.45, 2.75) is 18.9 Å². The quantitative estimate of drug-likeness (QED) is 0.630. The fourth-order valence-corrected chi connectivity index (χ4v) is 2.75. The van der Waals surface area contributed by atoms with Crippen LogP contribution in [0.15, 0.2) is 30.7 Å². The average Bonchev–Trinajstić information content (AvgIpc) is 2.97. The number of nitrogens with zero attached hydrogens (tertiary/aromatic N) is 4. The monoisotopic (exact) mass is 408 g/mol. The molecular formula is C15H16ClF3N4O2S. The van der Waals surface area contributed by atoms with Gasteiger partial charge in [0.05, 0.1) is 24.7 Å². The number of hydrogen-bond acceptors (Lipinski definition) is 5. The van der Waals surface area contributed by atoms with E-state index in [0.717, 1.165) is 0 Å². The summed E-state index contributed by atoms with van der Waals surface area (Å²) in [6.07, 6.45) is 4.15. The highest BCUT2D eigenvalue weighted by Gasteiger charge is 2.27. The molecule has 0 saturated heterocycles. The molecule has 2 rings (SSSR count). The SMILES string of the molecule is CCN(C(=O)OCCCSC(F)(F)F)c1cn(-c2cccnc2)nc1Cl. The second-order valence-electron chi connectivity index (χ2n) is 4.97. The predicted octanol–water partition coefficient (Wildman–Crippen LogP) is 4.53. The van der Waals surface area contributed by atoms with Gasteiger partial charge in [0.2, 0.25) is 0 Å². The summed E-state index contributed by atoms with van der Waals surface area (Å²) in [4.78, 5) is 17.4. The molecule has 2 heterocycles. The molecule has 0 fully saturated rings. The van der Waals surface area contributed by atoms with Crippen molar-refractivity contribution in [2.75, 3.05) is 23.8 Å². The number of ether oxygens (including phenoxy) is 1. The number of thioether (sulfide) groups is 1. The maximum Gasteiger partial charge on any atom is 0.441 e. The zero-order chi connectivity index (χ0) is 19.2. The highest BCUT2D eigenvalue weighted by atomic mass is 35.5. The standard InChI is InChI=1S/C15H16ClF3N4O2S/c1-2-22(14(24)25-7-4-8-26-15(17,18)19)12-10-23(21-13(12)16)11-5-3-6-20-9-11/h3,5-6,9-10H,2,4,7-8H2,1H3. The summed E-state index contributed by atoms with van der Waals surface area (Å²) in [5.41, 5.74) is -3.28. The third kappa shape index (κ3) is 5.80. The number of amides is 1. The van der Waals surface area contributed by atoms with Gasteiger partial charge in [-0.2, -0.15) is 18.3 Å². The van der Waals surface area contributed by atoms with Gasteiger partial charge in [0.15, 0.2) is 5.15 Å². The number of carbonyl (C=O) groups excluding carboxylic acids is 1. The van der Waals surface area contributed by atoms with E-state index in [1.165, 1.54) is 9.58 Å². The van der Waals surface area contributed by atoms with E-state index in [1.807, 2.05) is 0 Å². The zero-order valence-electron chi connectivity index (χ0n) is 13.7. The highest BCUT2D eigenvalue weighted by molar-refractivity contribution is 8.00. The Labute approximate surface area is 157 Å². The average molecular weight is 409 g/mol. The van der Waals surface area contributed by atoms with Gasteiger partial charge in [-0.1, -0.05) is 23.4 Å². The summed E-state index contributed by atoms with van der Waals surface area (Å²) in [6.45, 7) is 1.86. The van der Waals surface area contributed by atoms with Crippen LogP contribution in [0, 0.1) is 0 Å². The molecule has 2 aromatic rings. The molecule has 0 saturated carbocycles. The Morgan fingerprint density at radius 2 is 2.23 bits per heavy atom. The molecule has 11 heteroatoms. The van der Waals surface area contributed by atoms with E-state index >= 15 is 0 Å². The highest BCUT2D eigenvalue weighted by Crippen LogP contribution is 2.30. The third-order valence-electron chi connectivity index (χ3n) is 3.17. The summed E-state index contributed by atoms with van der Waals surface area (Å²) in [5.74, 6) is -0.178. The number of halogens is 4. The fraction of sp³-hybridized carbons (Fsp3) is 0.400. The molecule has 0 radical (unpaired) electrons. The minimum Gasteiger partial charge on any atom is -0.449 e. The van der Waals surface area contributed by atoms with Crippen molar-refractivity contribution in [1.29, 1.82) is 0 Å². The summed E-state index contributed by atoms with van der Waals surface area (Å²) >= 11 is 5.97. The number of hydrogen-bond donors (Lipinski definition) is 0. The van der Waals surface area contributed by atoms with E-state index < -0.39 is 11.6 Å². The van der Waals surface area contributed by atoms with Gasteiger partial charge in [-0.05, 0) is 25.5 Å². The largest absolute Gasteiger partial charge is 0.449 e. The van der Waals surface area contributed by atoms with Crippen LogP contribution < -0.4 is 4.90 Å². The number of carbonyl (C=O) groups is 1. The van der Waals surface area contributed by atoms with Crippen LogP contribution in [0.1, 0.15) is 13.3 Å². The van der Waals surface area contributed by atoms with E-state index in [4.69, 9.17) is 16.3 Å². The van der Waals surface area contributed by atoms with Crippen LogP contribution in [0.3, 0.4) is 0 Å². The zero-order valence-corrected chi connectivity index (χ0v) is 15.3. The predicted molar refractivity (Wildman–Crippen MR) is 93.9 cm³/mol. The van der Waals surface area contributed by atoms with Crippen LogP contribution in [-0.4, -0.2) is 45.3 Å². The molecule has 0 N–H and O–H groups in total. The lowest BCUT2D eigenvalue weighted by Crippen LogP contribution is -2.31. The minimum absolute atomic E-state index is 0.0934. The van der Waals surface area contributed by atoms with E-state index in [0.29, 0.717) is 11.4 Å². The minimum atomic E-state index is -4.28. The molecule has 0 aromatic carbocycles. The van der Waals surface area contributed by atoms with Gasteiger partial charge in [0.25, 0.3) is 0 Å². The van der Waals surface area contributed by atoms with Crippen molar-refractivity contribution in [3.8, 4) is 5.69 Å². The van der Waals surface area contributed by atoms with E-state index in [1.54, 1.807) is 37.6 Å². The summed E-state index contributed by atoms with van der Waals surface area (Å²) in [5, 5.41) is 4.23. The molecular weight excluding hydrogens is 393 g/mol. The van der Waals surface area contributed by atoms with Gasteiger partial charge < -0.3 is 4.74 Å². The van der Waals surface area contributed by atoms with Crippen LogP contribution >= 0.6 is 23.4 Å². The Bertz CT molecular complexity index is 727. The number of anilines is 1. The van der Waals surface area contributed by atoms with Gasteiger partial charge >= 0.3 is 11.6 Å². The Morgan fingerprint density at radius 3 is 2.85 bits per heavy atom. The summed E-state index contributed by atoms with van der Waals surface area (Å²) in [6, 6.07) is 3.50. The Morgan fingerprint density at radius 1 is 1.46 bits per heavy atom. The lowest BCUT2D eigenvalue weighted by Gasteiger charge is -2.19. The van der Waals surface area contributed by atoms with Crippen molar-refractivity contribution in [2.24, 2.45) is 0 Å². The molecule has 1 amide bonds. The van der Waals surface area contributed by atoms with Gasteiger partial charge in [0.1, 0.15) is 5.69 Å². The van der Waals surface area contributed by atoms with Crippen LogP contribution in [0.4, 0.5) is 23.7 Å². The number of pyridine rings is 1. The van der Waals surface area contributed by atoms with Crippen molar-refractivity contribution < 1.29 is 22.7 Å². The molecule has 26 heavy (non-hydrogen) atoms.